The molecule has 0 bridgehead atoms. The predicted octanol–water partition coefficient (Wildman–Crippen LogP) is 2.60. The largest absolute Gasteiger partial charge is 0.338 e. The quantitative estimate of drug-likeness (QED) is 0.835. The normalized spacial score (nSPS) is 19.6. The first-order chi connectivity index (χ1) is 11.0. The Bertz CT molecular complexity index is 650. The summed E-state index contributed by atoms with van der Waals surface area (Å²) in [5.74, 6) is 0.180. The first-order valence-electron chi connectivity index (χ1n) is 7.82. The molecule has 0 aliphatic carbocycles. The molecule has 2 aliphatic rings. The number of amides is 3. The van der Waals surface area contributed by atoms with Gasteiger partial charge in [-0.05, 0) is 49.9 Å². The summed E-state index contributed by atoms with van der Waals surface area (Å²) in [6.45, 7) is 5.19. The van der Waals surface area contributed by atoms with Crippen molar-refractivity contribution in [1.29, 1.82) is 0 Å². The molecule has 0 spiro atoms. The number of hydrogen-bond acceptors (Lipinski definition) is 4. The minimum Gasteiger partial charge on any atom is -0.338 e. The van der Waals surface area contributed by atoms with E-state index in [1.807, 2.05) is 36.9 Å². The van der Waals surface area contributed by atoms with Gasteiger partial charge in [0, 0.05) is 24.7 Å². The lowest BCUT2D eigenvalue weighted by atomic mass is 10.0. The first kappa shape index (κ1) is 16.1. The van der Waals surface area contributed by atoms with Gasteiger partial charge in [0.25, 0.3) is 11.1 Å². The van der Waals surface area contributed by atoms with Crippen molar-refractivity contribution in [3.8, 4) is 0 Å². The molecule has 1 aromatic rings. The van der Waals surface area contributed by atoms with Crippen molar-refractivity contribution in [2.75, 3.05) is 18.8 Å². The summed E-state index contributed by atoms with van der Waals surface area (Å²) >= 11 is 1.07. The molecule has 2 saturated heterocycles. The number of imide groups is 1. The molecular weight excluding hydrogens is 312 g/mol. The number of hydrogen-bond donors (Lipinski definition) is 0. The number of likely N-dealkylation sites (tertiary alicyclic amines) is 1. The van der Waals surface area contributed by atoms with Gasteiger partial charge in [-0.15, -0.1) is 0 Å². The van der Waals surface area contributed by atoms with E-state index in [-0.39, 0.29) is 28.8 Å². The summed E-state index contributed by atoms with van der Waals surface area (Å²) in [5.41, 5.74) is 2.98. The van der Waals surface area contributed by atoms with Gasteiger partial charge in [-0.1, -0.05) is 17.8 Å². The maximum absolute atomic E-state index is 12.6. The molecule has 3 rings (SSSR count). The van der Waals surface area contributed by atoms with Crippen LogP contribution in [0.5, 0.6) is 0 Å². The molecule has 6 heteroatoms. The van der Waals surface area contributed by atoms with Crippen LogP contribution >= 0.6 is 11.8 Å². The summed E-state index contributed by atoms with van der Waals surface area (Å²) in [5, 5.41) is -0.145. The molecule has 2 aliphatic heterocycles. The SMILES string of the molecule is Cc1ccc(C(=O)N2CCC(N3C(=O)CSC3=O)CC2)cc1C. The molecule has 0 aromatic heterocycles. The van der Waals surface area contributed by atoms with E-state index in [2.05, 4.69) is 0 Å². The lowest BCUT2D eigenvalue weighted by Crippen LogP contribution is -2.48. The van der Waals surface area contributed by atoms with Gasteiger partial charge >= 0.3 is 0 Å². The molecule has 2 heterocycles. The van der Waals surface area contributed by atoms with Crippen LogP contribution in [0.2, 0.25) is 0 Å². The fourth-order valence-corrected chi connectivity index (χ4v) is 3.88. The second-order valence-electron chi connectivity index (χ2n) is 6.14. The van der Waals surface area contributed by atoms with E-state index < -0.39 is 0 Å². The fraction of sp³-hybridized carbons (Fsp3) is 0.471. The molecule has 23 heavy (non-hydrogen) atoms. The van der Waals surface area contributed by atoms with Crippen LogP contribution in [0.4, 0.5) is 4.79 Å². The zero-order chi connectivity index (χ0) is 16.6. The summed E-state index contributed by atoms with van der Waals surface area (Å²) in [4.78, 5) is 39.4. The highest BCUT2D eigenvalue weighted by atomic mass is 32.2. The maximum atomic E-state index is 12.6. The van der Waals surface area contributed by atoms with Crippen LogP contribution in [0.3, 0.4) is 0 Å². The van der Waals surface area contributed by atoms with E-state index in [9.17, 15) is 14.4 Å². The third kappa shape index (κ3) is 3.13. The molecule has 5 nitrogen and oxygen atoms in total. The van der Waals surface area contributed by atoms with Crippen molar-refractivity contribution >= 4 is 28.8 Å². The third-order valence-electron chi connectivity index (χ3n) is 4.66. The average molecular weight is 332 g/mol. The van der Waals surface area contributed by atoms with Crippen LogP contribution in [0.25, 0.3) is 0 Å². The van der Waals surface area contributed by atoms with Crippen molar-refractivity contribution < 1.29 is 14.4 Å². The van der Waals surface area contributed by atoms with Gasteiger partial charge in [0.15, 0.2) is 0 Å². The number of piperidine rings is 1. The molecule has 1 aromatic carbocycles. The highest BCUT2D eigenvalue weighted by Crippen LogP contribution is 2.27. The molecule has 0 radical (unpaired) electrons. The summed E-state index contributed by atoms with van der Waals surface area (Å²) in [7, 11) is 0. The number of thioether (sulfide) groups is 1. The minimum atomic E-state index is -0.145. The van der Waals surface area contributed by atoms with Gasteiger partial charge in [0.05, 0.1) is 5.75 Å². The number of nitrogens with zero attached hydrogens (tertiary/aromatic N) is 2. The maximum Gasteiger partial charge on any atom is 0.289 e. The molecule has 0 saturated carbocycles. The number of benzene rings is 1. The molecule has 2 fully saturated rings. The Morgan fingerprint density at radius 2 is 1.83 bits per heavy atom. The number of aryl methyl sites for hydroxylation is 2. The highest BCUT2D eigenvalue weighted by Gasteiger charge is 2.38. The Morgan fingerprint density at radius 1 is 1.13 bits per heavy atom. The van der Waals surface area contributed by atoms with Crippen molar-refractivity contribution in [1.82, 2.24) is 9.80 Å². The van der Waals surface area contributed by atoms with Crippen LogP contribution < -0.4 is 0 Å². The zero-order valence-corrected chi connectivity index (χ0v) is 14.2. The second-order valence-corrected chi connectivity index (χ2v) is 7.07. The van der Waals surface area contributed by atoms with Crippen molar-refractivity contribution in [3.05, 3.63) is 34.9 Å². The lowest BCUT2D eigenvalue weighted by molar-refractivity contribution is -0.126. The number of carbonyl (C=O) groups excluding carboxylic acids is 3. The lowest BCUT2D eigenvalue weighted by Gasteiger charge is -2.35. The van der Waals surface area contributed by atoms with Crippen molar-refractivity contribution in [2.45, 2.75) is 32.7 Å². The van der Waals surface area contributed by atoms with E-state index in [1.54, 1.807) is 0 Å². The molecule has 0 atom stereocenters. The Labute approximate surface area is 140 Å². The van der Waals surface area contributed by atoms with Gasteiger partial charge in [-0.2, -0.15) is 0 Å². The fourth-order valence-electron chi connectivity index (χ4n) is 3.10. The molecule has 122 valence electrons. The topological polar surface area (TPSA) is 57.7 Å². The smallest absolute Gasteiger partial charge is 0.289 e. The minimum absolute atomic E-state index is 0.0278. The van der Waals surface area contributed by atoms with E-state index >= 15 is 0 Å². The first-order valence-corrected chi connectivity index (χ1v) is 8.81. The van der Waals surface area contributed by atoms with Crippen LogP contribution in [-0.4, -0.2) is 51.7 Å². The number of carbonyl (C=O) groups is 3. The van der Waals surface area contributed by atoms with E-state index in [0.29, 0.717) is 31.5 Å². The molecular formula is C17H20N2O3S. The molecule has 0 N–H and O–H groups in total. The summed E-state index contributed by atoms with van der Waals surface area (Å²) in [6.07, 6.45) is 1.32. The zero-order valence-electron chi connectivity index (χ0n) is 13.4. The van der Waals surface area contributed by atoms with Crippen LogP contribution in [0.1, 0.15) is 34.3 Å². The third-order valence-corrected chi connectivity index (χ3v) is 5.49. The van der Waals surface area contributed by atoms with Gasteiger partial charge in [0.1, 0.15) is 0 Å². The highest BCUT2D eigenvalue weighted by molar-refractivity contribution is 8.14. The standard InChI is InChI=1S/C17H20N2O3S/c1-11-3-4-13(9-12(11)2)16(21)18-7-5-14(6-8-18)19-15(20)10-23-17(19)22/h3-4,9,14H,5-8,10H2,1-2H3. The number of rotatable bonds is 2. The average Bonchev–Trinajstić information content (AvgIpc) is 2.88. The Hall–Kier alpha value is -1.82. The Balaban J connectivity index is 1.64. The van der Waals surface area contributed by atoms with Gasteiger partial charge in [-0.3, -0.25) is 19.3 Å². The van der Waals surface area contributed by atoms with E-state index in [0.717, 1.165) is 17.3 Å². The Kier molecular flexibility index (Phi) is 4.43. The molecule has 3 amide bonds. The van der Waals surface area contributed by atoms with Gasteiger partial charge in [0.2, 0.25) is 5.91 Å². The van der Waals surface area contributed by atoms with E-state index in [4.69, 9.17) is 0 Å². The summed E-state index contributed by atoms with van der Waals surface area (Å²) < 4.78 is 0. The van der Waals surface area contributed by atoms with Crippen LogP contribution in [0, 0.1) is 13.8 Å². The van der Waals surface area contributed by atoms with Crippen LogP contribution in [-0.2, 0) is 4.79 Å². The summed E-state index contributed by atoms with van der Waals surface area (Å²) in [6, 6.07) is 5.69. The van der Waals surface area contributed by atoms with E-state index in [1.165, 1.54) is 10.5 Å². The van der Waals surface area contributed by atoms with Gasteiger partial charge < -0.3 is 4.90 Å². The second kappa shape index (κ2) is 6.35. The molecule has 0 unspecified atom stereocenters. The predicted molar refractivity (Wildman–Crippen MR) is 89.5 cm³/mol. The van der Waals surface area contributed by atoms with Gasteiger partial charge in [-0.25, -0.2) is 0 Å². The van der Waals surface area contributed by atoms with Crippen LogP contribution in [0.15, 0.2) is 18.2 Å². The Morgan fingerprint density at radius 3 is 2.39 bits per heavy atom. The van der Waals surface area contributed by atoms with Crippen molar-refractivity contribution in [3.63, 3.8) is 0 Å². The van der Waals surface area contributed by atoms with Crippen molar-refractivity contribution in [2.24, 2.45) is 0 Å². The monoisotopic (exact) mass is 332 g/mol.